The van der Waals surface area contributed by atoms with Crippen LogP contribution in [0.25, 0.3) is 0 Å². The second-order valence-electron chi connectivity index (χ2n) is 3.07. The molecule has 1 rings (SSSR count). The molecule has 0 bridgehead atoms. The van der Waals surface area contributed by atoms with Crippen molar-refractivity contribution in [2.75, 3.05) is 13.7 Å². The first-order chi connectivity index (χ1) is 7.19. The second-order valence-corrected chi connectivity index (χ2v) is 3.07. The topological polar surface area (TPSA) is 38.3 Å². The molecule has 3 nitrogen and oxygen atoms in total. The molecule has 15 heavy (non-hydrogen) atoms. The van der Waals surface area contributed by atoms with Gasteiger partial charge in [-0.1, -0.05) is 19.1 Å². The van der Waals surface area contributed by atoms with E-state index in [4.69, 9.17) is 0 Å². The fourth-order valence-corrected chi connectivity index (χ4v) is 1.35. The molecular weight excluding hydrogens is 197 g/mol. The molecule has 4 heteroatoms. The number of methoxy groups -OCH3 is 1. The first kappa shape index (κ1) is 11.7. The Bertz CT molecular complexity index is 341. The zero-order valence-electron chi connectivity index (χ0n) is 8.79. The Morgan fingerprint density at radius 3 is 2.87 bits per heavy atom. The molecule has 0 heterocycles. The number of halogens is 1. The zero-order chi connectivity index (χ0) is 11.3. The summed E-state index contributed by atoms with van der Waals surface area (Å²) < 4.78 is 17.6. The Kier molecular flexibility index (Phi) is 4.24. The van der Waals surface area contributed by atoms with Gasteiger partial charge in [0.15, 0.2) is 0 Å². The smallest absolute Gasteiger partial charge is 0.327 e. The average molecular weight is 211 g/mol. The summed E-state index contributed by atoms with van der Waals surface area (Å²) in [6.07, 6.45) is 0. The van der Waals surface area contributed by atoms with Gasteiger partial charge in [0.1, 0.15) is 11.9 Å². The highest BCUT2D eigenvalue weighted by Crippen LogP contribution is 2.15. The summed E-state index contributed by atoms with van der Waals surface area (Å²) in [6, 6.07) is 5.31. The standard InChI is InChI=1S/C11H14FNO2/c1-3-13-10(11(14)15-2)8-5-4-6-9(12)7-8/h4-7,10,13H,3H2,1-2H3. The van der Waals surface area contributed by atoms with E-state index in [-0.39, 0.29) is 5.82 Å². The maximum absolute atomic E-state index is 13.0. The van der Waals surface area contributed by atoms with Crippen LogP contribution in [0.2, 0.25) is 0 Å². The number of hydrogen-bond acceptors (Lipinski definition) is 3. The average Bonchev–Trinajstić information content (AvgIpc) is 2.25. The lowest BCUT2D eigenvalue weighted by Crippen LogP contribution is -2.29. The fraction of sp³-hybridized carbons (Fsp3) is 0.364. The van der Waals surface area contributed by atoms with E-state index in [1.54, 1.807) is 12.1 Å². The molecule has 1 atom stereocenters. The summed E-state index contributed by atoms with van der Waals surface area (Å²) in [6.45, 7) is 2.48. The Morgan fingerprint density at radius 1 is 1.60 bits per heavy atom. The highest BCUT2D eigenvalue weighted by atomic mass is 19.1. The van der Waals surface area contributed by atoms with Gasteiger partial charge >= 0.3 is 5.97 Å². The number of nitrogens with one attached hydrogen (secondary N) is 1. The third-order valence-corrected chi connectivity index (χ3v) is 2.03. The predicted molar refractivity (Wildman–Crippen MR) is 54.8 cm³/mol. The van der Waals surface area contributed by atoms with Crippen molar-refractivity contribution < 1.29 is 13.9 Å². The van der Waals surface area contributed by atoms with E-state index in [1.807, 2.05) is 6.92 Å². The molecule has 1 aromatic carbocycles. The summed E-state index contributed by atoms with van der Waals surface area (Å²) in [5, 5.41) is 2.94. The van der Waals surface area contributed by atoms with E-state index in [0.717, 1.165) is 0 Å². The lowest BCUT2D eigenvalue weighted by atomic mass is 10.1. The number of benzene rings is 1. The lowest BCUT2D eigenvalue weighted by Gasteiger charge is -2.15. The molecule has 1 unspecified atom stereocenters. The van der Waals surface area contributed by atoms with Crippen LogP contribution in [0.3, 0.4) is 0 Å². The number of carbonyl (C=O) groups is 1. The molecule has 0 saturated heterocycles. The molecular formula is C11H14FNO2. The molecule has 0 spiro atoms. The predicted octanol–water partition coefficient (Wildman–Crippen LogP) is 1.65. The van der Waals surface area contributed by atoms with Crippen LogP contribution in [0.5, 0.6) is 0 Å². The highest BCUT2D eigenvalue weighted by Gasteiger charge is 2.20. The third-order valence-electron chi connectivity index (χ3n) is 2.03. The summed E-state index contributed by atoms with van der Waals surface area (Å²) >= 11 is 0. The Labute approximate surface area is 88.2 Å². The van der Waals surface area contributed by atoms with Crippen LogP contribution in [0.1, 0.15) is 18.5 Å². The summed E-state index contributed by atoms with van der Waals surface area (Å²) in [5.41, 5.74) is 0.573. The third kappa shape index (κ3) is 3.02. The van der Waals surface area contributed by atoms with Gasteiger partial charge in [0.05, 0.1) is 7.11 Å². The SMILES string of the molecule is CCNC(C(=O)OC)c1cccc(F)c1. The molecule has 0 aromatic heterocycles. The van der Waals surface area contributed by atoms with E-state index < -0.39 is 12.0 Å². The molecule has 82 valence electrons. The number of rotatable bonds is 4. The van der Waals surface area contributed by atoms with Crippen LogP contribution in [0.4, 0.5) is 4.39 Å². The van der Waals surface area contributed by atoms with Crippen LogP contribution >= 0.6 is 0 Å². The van der Waals surface area contributed by atoms with E-state index in [9.17, 15) is 9.18 Å². The summed E-state index contributed by atoms with van der Waals surface area (Å²) in [7, 11) is 1.31. The van der Waals surface area contributed by atoms with Crippen molar-refractivity contribution in [3.8, 4) is 0 Å². The van der Waals surface area contributed by atoms with Crippen molar-refractivity contribution in [1.29, 1.82) is 0 Å². The normalized spacial score (nSPS) is 12.2. The zero-order valence-corrected chi connectivity index (χ0v) is 8.79. The molecule has 0 amide bonds. The monoisotopic (exact) mass is 211 g/mol. The quantitative estimate of drug-likeness (QED) is 0.769. The van der Waals surface area contributed by atoms with Crippen LogP contribution in [0.15, 0.2) is 24.3 Å². The first-order valence-corrected chi connectivity index (χ1v) is 4.75. The molecule has 1 N–H and O–H groups in total. The van der Waals surface area contributed by atoms with Crippen LogP contribution < -0.4 is 5.32 Å². The van der Waals surface area contributed by atoms with Crippen molar-refractivity contribution >= 4 is 5.97 Å². The van der Waals surface area contributed by atoms with Crippen molar-refractivity contribution in [3.63, 3.8) is 0 Å². The van der Waals surface area contributed by atoms with E-state index in [0.29, 0.717) is 12.1 Å². The molecule has 0 aliphatic heterocycles. The van der Waals surface area contributed by atoms with Crippen LogP contribution in [-0.4, -0.2) is 19.6 Å². The maximum Gasteiger partial charge on any atom is 0.327 e. The van der Waals surface area contributed by atoms with E-state index in [1.165, 1.54) is 19.2 Å². The number of likely N-dealkylation sites (N-methyl/N-ethyl adjacent to an activating group) is 1. The minimum Gasteiger partial charge on any atom is -0.468 e. The van der Waals surface area contributed by atoms with Gasteiger partial charge in [0.25, 0.3) is 0 Å². The summed E-state index contributed by atoms with van der Waals surface area (Å²) in [5.74, 6) is -0.776. The Hall–Kier alpha value is -1.42. The Balaban J connectivity index is 2.93. The van der Waals surface area contributed by atoms with E-state index in [2.05, 4.69) is 10.1 Å². The lowest BCUT2D eigenvalue weighted by molar-refractivity contribution is -0.143. The van der Waals surface area contributed by atoms with Gasteiger partial charge < -0.3 is 10.1 Å². The van der Waals surface area contributed by atoms with Gasteiger partial charge in [-0.05, 0) is 24.2 Å². The number of carbonyl (C=O) groups excluding carboxylic acids is 1. The van der Waals surface area contributed by atoms with Gasteiger partial charge in [0, 0.05) is 0 Å². The van der Waals surface area contributed by atoms with Crippen molar-refractivity contribution in [1.82, 2.24) is 5.32 Å². The van der Waals surface area contributed by atoms with Gasteiger partial charge in [-0.3, -0.25) is 0 Å². The van der Waals surface area contributed by atoms with Crippen molar-refractivity contribution in [2.24, 2.45) is 0 Å². The highest BCUT2D eigenvalue weighted by molar-refractivity contribution is 5.77. The van der Waals surface area contributed by atoms with Crippen LogP contribution in [-0.2, 0) is 9.53 Å². The Morgan fingerprint density at radius 2 is 2.33 bits per heavy atom. The fourth-order valence-electron chi connectivity index (χ4n) is 1.35. The number of hydrogen-bond donors (Lipinski definition) is 1. The minimum absolute atomic E-state index is 0.362. The second kappa shape index (κ2) is 5.46. The minimum atomic E-state index is -0.601. The largest absolute Gasteiger partial charge is 0.468 e. The number of esters is 1. The van der Waals surface area contributed by atoms with Gasteiger partial charge in [-0.2, -0.15) is 0 Å². The first-order valence-electron chi connectivity index (χ1n) is 4.75. The molecule has 0 fully saturated rings. The van der Waals surface area contributed by atoms with Crippen molar-refractivity contribution in [3.05, 3.63) is 35.6 Å². The molecule has 1 aromatic rings. The summed E-state index contributed by atoms with van der Waals surface area (Å²) in [4.78, 5) is 11.4. The number of ether oxygens (including phenoxy) is 1. The van der Waals surface area contributed by atoms with Gasteiger partial charge in [-0.15, -0.1) is 0 Å². The molecule has 0 radical (unpaired) electrons. The van der Waals surface area contributed by atoms with Gasteiger partial charge in [0.2, 0.25) is 0 Å². The molecule has 0 aliphatic carbocycles. The van der Waals surface area contributed by atoms with Crippen LogP contribution in [0, 0.1) is 5.82 Å². The van der Waals surface area contributed by atoms with E-state index >= 15 is 0 Å². The maximum atomic E-state index is 13.0. The van der Waals surface area contributed by atoms with Crippen molar-refractivity contribution in [2.45, 2.75) is 13.0 Å². The van der Waals surface area contributed by atoms with Gasteiger partial charge in [-0.25, -0.2) is 9.18 Å². The molecule has 0 aliphatic rings. The molecule has 0 saturated carbocycles.